The third kappa shape index (κ3) is 6.14. The first kappa shape index (κ1) is 36.2. The molecule has 3 aromatic heterocycles. The SMILES string of the molecule is COc1nc2c3c(c(C(F)(F)F)c(-c4cc(F)c(F)c5sc(N)c(C#N)c45)c(F)c3n1)OCCN2C(C)c1cccnc1N.FC1CC2CCCN2C1. The molecule has 0 amide bonds. The van der Waals surface area contributed by atoms with E-state index in [9.17, 15) is 18.4 Å². The van der Waals surface area contributed by atoms with E-state index >= 15 is 17.6 Å². The number of nitrogen functional groups attached to an aromatic ring is 2. The summed E-state index contributed by atoms with van der Waals surface area (Å²) in [5.41, 5.74) is 7.74. The number of nitrogens with zero attached hydrogens (tertiary/aromatic N) is 6. The van der Waals surface area contributed by atoms with E-state index in [0.717, 1.165) is 13.0 Å². The Kier molecular flexibility index (Phi) is 9.35. The molecule has 2 aromatic carbocycles. The van der Waals surface area contributed by atoms with Crippen LogP contribution in [0.3, 0.4) is 0 Å². The Morgan fingerprint density at radius 2 is 1.91 bits per heavy atom. The normalized spacial score (nSPS) is 19.0. The van der Waals surface area contributed by atoms with Crippen LogP contribution in [0.25, 0.3) is 32.1 Å². The predicted octanol–water partition coefficient (Wildman–Crippen LogP) is 7.54. The number of hydrogen-bond donors (Lipinski definition) is 2. The first-order valence-corrected chi connectivity index (χ1v) is 17.3. The average Bonchev–Trinajstić information content (AvgIpc) is 3.77. The number of fused-ring (bicyclic) bond motifs is 2. The average molecular weight is 761 g/mol. The molecule has 0 saturated carbocycles. The standard InChI is InChI=1S/C28H19F6N7O2S.C7H12FN/c1-10(11-4-3-5-38-24(11)36)41-6-7-43-22-17-21(39-27(42-2)40-26(17)41)20(31)16(18(22)28(32,33)34)12-8-14(29)19(30)23-15(12)13(9-35)25(37)44-23;8-6-4-7-2-1-3-9(7)5-6/h3-5,8,10H,6-7,37H2,1-2H3,(H2,36,38);6-7H,1-5H2. The summed E-state index contributed by atoms with van der Waals surface area (Å²) < 4.78 is 115. The van der Waals surface area contributed by atoms with Crippen molar-refractivity contribution in [2.75, 3.05) is 49.7 Å². The summed E-state index contributed by atoms with van der Waals surface area (Å²) in [5, 5.41) is 8.51. The number of methoxy groups -OCH3 is 1. The summed E-state index contributed by atoms with van der Waals surface area (Å²) in [6.07, 6.45) is -1.02. The van der Waals surface area contributed by atoms with Gasteiger partial charge in [0.2, 0.25) is 0 Å². The van der Waals surface area contributed by atoms with Crippen LogP contribution in [-0.4, -0.2) is 65.4 Å². The van der Waals surface area contributed by atoms with Crippen LogP contribution in [0, 0.1) is 28.8 Å². The zero-order valence-corrected chi connectivity index (χ0v) is 29.0. The van der Waals surface area contributed by atoms with Crippen molar-refractivity contribution < 1.29 is 40.2 Å². The maximum absolute atomic E-state index is 16.8. The smallest absolute Gasteiger partial charge is 0.420 e. The van der Waals surface area contributed by atoms with E-state index in [1.165, 1.54) is 26.1 Å². The van der Waals surface area contributed by atoms with Crippen molar-refractivity contribution in [2.45, 2.75) is 50.6 Å². The summed E-state index contributed by atoms with van der Waals surface area (Å²) in [6.45, 7) is 3.18. The van der Waals surface area contributed by atoms with Gasteiger partial charge in [-0.15, -0.1) is 11.3 Å². The minimum Gasteiger partial charge on any atom is -0.490 e. The number of ether oxygens (including phenoxy) is 2. The number of benzene rings is 2. The molecular formula is C35H31F7N8O2S. The van der Waals surface area contributed by atoms with Gasteiger partial charge in [0.05, 0.1) is 35.3 Å². The molecule has 0 spiro atoms. The van der Waals surface area contributed by atoms with Crippen molar-refractivity contribution in [2.24, 2.45) is 0 Å². The fourth-order valence-corrected chi connectivity index (χ4v) is 8.45. The number of rotatable bonds is 4. The Morgan fingerprint density at radius 1 is 1.13 bits per heavy atom. The lowest BCUT2D eigenvalue weighted by Crippen LogP contribution is -2.31. The van der Waals surface area contributed by atoms with Gasteiger partial charge in [-0.05, 0) is 50.4 Å². The molecule has 3 atom stereocenters. The summed E-state index contributed by atoms with van der Waals surface area (Å²) in [7, 11) is 1.18. The van der Waals surface area contributed by atoms with Crippen molar-refractivity contribution in [1.82, 2.24) is 19.9 Å². The zero-order chi connectivity index (χ0) is 37.9. The van der Waals surface area contributed by atoms with Crippen molar-refractivity contribution in [3.8, 4) is 29.0 Å². The molecule has 0 radical (unpaired) electrons. The maximum atomic E-state index is 16.8. The number of aromatic nitrogens is 3. The quantitative estimate of drug-likeness (QED) is 0.177. The second-order valence-corrected chi connectivity index (χ2v) is 13.9. The molecule has 4 N–H and O–H groups in total. The number of pyridine rings is 1. The molecule has 53 heavy (non-hydrogen) atoms. The molecule has 18 heteroatoms. The van der Waals surface area contributed by atoms with Gasteiger partial charge in [-0.2, -0.15) is 28.4 Å². The Labute approximate surface area is 301 Å². The highest BCUT2D eigenvalue weighted by Crippen LogP contribution is 2.54. The number of halogens is 7. The van der Waals surface area contributed by atoms with Gasteiger partial charge in [0.15, 0.2) is 17.5 Å². The maximum Gasteiger partial charge on any atom is 0.420 e. The highest BCUT2D eigenvalue weighted by molar-refractivity contribution is 7.23. The largest absolute Gasteiger partial charge is 0.490 e. The molecule has 3 aliphatic heterocycles. The molecule has 3 aliphatic rings. The third-order valence-electron chi connectivity index (χ3n) is 9.83. The molecule has 6 heterocycles. The van der Waals surface area contributed by atoms with Gasteiger partial charge in [0.1, 0.15) is 52.3 Å². The third-order valence-corrected chi connectivity index (χ3v) is 10.8. The molecule has 0 aliphatic carbocycles. The molecular weight excluding hydrogens is 729 g/mol. The van der Waals surface area contributed by atoms with Gasteiger partial charge < -0.3 is 25.8 Å². The van der Waals surface area contributed by atoms with Crippen LogP contribution < -0.4 is 25.8 Å². The molecule has 3 unspecified atom stereocenters. The first-order valence-electron chi connectivity index (χ1n) is 16.5. The van der Waals surface area contributed by atoms with Gasteiger partial charge in [-0.25, -0.2) is 22.5 Å². The molecule has 8 rings (SSSR count). The van der Waals surface area contributed by atoms with E-state index in [4.69, 9.17) is 20.9 Å². The minimum absolute atomic E-state index is 0.0389. The van der Waals surface area contributed by atoms with Crippen LogP contribution in [0.2, 0.25) is 0 Å². The minimum atomic E-state index is -5.31. The number of thiophene rings is 1. The van der Waals surface area contributed by atoms with Crippen molar-refractivity contribution >= 4 is 49.0 Å². The summed E-state index contributed by atoms with van der Waals surface area (Å²) in [6, 6.07) is 4.97. The lowest BCUT2D eigenvalue weighted by atomic mass is 9.91. The van der Waals surface area contributed by atoms with Crippen LogP contribution in [0.1, 0.15) is 48.9 Å². The summed E-state index contributed by atoms with van der Waals surface area (Å²) >= 11 is 0.449. The van der Waals surface area contributed by atoms with Crippen LogP contribution >= 0.6 is 11.3 Å². The van der Waals surface area contributed by atoms with Gasteiger partial charge in [0.25, 0.3) is 0 Å². The Morgan fingerprint density at radius 3 is 2.58 bits per heavy atom. The lowest BCUT2D eigenvalue weighted by Gasteiger charge is -2.30. The van der Waals surface area contributed by atoms with E-state index in [1.54, 1.807) is 30.0 Å². The van der Waals surface area contributed by atoms with E-state index < -0.39 is 90.8 Å². The molecule has 278 valence electrons. The number of hydrogen-bond acceptors (Lipinski definition) is 11. The molecule has 2 fully saturated rings. The Balaban J connectivity index is 0.000000418. The second kappa shape index (κ2) is 13.7. The Bertz CT molecular complexity index is 2280. The first-order chi connectivity index (χ1) is 25.2. The topological polar surface area (TPSA) is 139 Å². The number of alkyl halides is 4. The predicted molar refractivity (Wildman–Crippen MR) is 185 cm³/mol. The van der Waals surface area contributed by atoms with Crippen LogP contribution in [0.4, 0.5) is 47.4 Å². The van der Waals surface area contributed by atoms with E-state index in [2.05, 4.69) is 19.9 Å². The van der Waals surface area contributed by atoms with Crippen molar-refractivity contribution in [1.29, 1.82) is 5.26 Å². The fraction of sp³-hybridized carbons (Fsp3) is 0.371. The van der Waals surface area contributed by atoms with E-state index in [-0.39, 0.29) is 29.8 Å². The fourth-order valence-electron chi connectivity index (χ4n) is 7.48. The summed E-state index contributed by atoms with van der Waals surface area (Å²) in [5.74, 6) is -5.41. The highest BCUT2D eigenvalue weighted by Gasteiger charge is 2.44. The molecule has 10 nitrogen and oxygen atoms in total. The second-order valence-electron chi connectivity index (χ2n) is 12.8. The van der Waals surface area contributed by atoms with Crippen LogP contribution in [0.5, 0.6) is 11.8 Å². The van der Waals surface area contributed by atoms with E-state index in [1.807, 2.05) is 0 Å². The number of nitrogens with two attached hydrogens (primary N) is 2. The van der Waals surface area contributed by atoms with Gasteiger partial charge >= 0.3 is 12.2 Å². The van der Waals surface area contributed by atoms with Crippen molar-refractivity contribution in [3.63, 3.8) is 0 Å². The number of nitriles is 1. The highest BCUT2D eigenvalue weighted by atomic mass is 32.1. The van der Waals surface area contributed by atoms with Crippen molar-refractivity contribution in [3.05, 3.63) is 58.5 Å². The van der Waals surface area contributed by atoms with Gasteiger partial charge in [-0.1, -0.05) is 6.07 Å². The monoisotopic (exact) mass is 760 g/mol. The van der Waals surface area contributed by atoms with Gasteiger partial charge in [0, 0.05) is 35.3 Å². The number of anilines is 3. The molecule has 0 bridgehead atoms. The Hall–Kier alpha value is -5.15. The van der Waals surface area contributed by atoms with Crippen LogP contribution in [0.15, 0.2) is 24.4 Å². The summed E-state index contributed by atoms with van der Waals surface area (Å²) in [4.78, 5) is 16.2. The molecule has 5 aromatic rings. The van der Waals surface area contributed by atoms with E-state index in [0.29, 0.717) is 35.6 Å². The van der Waals surface area contributed by atoms with Gasteiger partial charge in [-0.3, -0.25) is 4.90 Å². The zero-order valence-electron chi connectivity index (χ0n) is 28.2. The lowest BCUT2D eigenvalue weighted by molar-refractivity contribution is -0.138. The van der Waals surface area contributed by atoms with Crippen LogP contribution in [-0.2, 0) is 6.18 Å². The molecule has 2 saturated heterocycles.